The highest BCUT2D eigenvalue weighted by molar-refractivity contribution is 5.25. The number of H-pyrrole nitrogens is 1. The molecule has 1 N–H and O–H groups in total. The third-order valence-corrected chi connectivity index (χ3v) is 3.52. The molecule has 4 nitrogen and oxygen atoms in total. The molecule has 1 unspecified atom stereocenters. The van der Waals surface area contributed by atoms with Gasteiger partial charge in [0.1, 0.15) is 0 Å². The summed E-state index contributed by atoms with van der Waals surface area (Å²) >= 11 is 0. The molecule has 2 aromatic rings. The molecule has 0 spiro atoms. The van der Waals surface area contributed by atoms with Crippen LogP contribution in [0.2, 0.25) is 0 Å². The van der Waals surface area contributed by atoms with E-state index in [1.165, 1.54) is 11.9 Å². The van der Waals surface area contributed by atoms with Crippen LogP contribution in [0, 0.1) is 0 Å². The summed E-state index contributed by atoms with van der Waals surface area (Å²) < 4.78 is 0. The summed E-state index contributed by atoms with van der Waals surface area (Å²) in [5.41, 5.74) is 2.96. The first-order chi connectivity index (χ1) is 8.75. The molecule has 0 fully saturated rings. The summed E-state index contributed by atoms with van der Waals surface area (Å²) in [6, 6.07) is 10.5. The molecular formula is C14H15N3O. The Labute approximate surface area is 105 Å². The quantitative estimate of drug-likeness (QED) is 0.873. The Balaban J connectivity index is 1.87. The van der Waals surface area contributed by atoms with E-state index in [9.17, 15) is 4.79 Å². The number of hydrogen-bond donors (Lipinski definition) is 1. The lowest BCUT2D eigenvalue weighted by Crippen LogP contribution is -2.20. The largest absolute Gasteiger partial charge is 0.313 e. The monoisotopic (exact) mass is 241 g/mol. The second-order valence-corrected chi connectivity index (χ2v) is 4.66. The zero-order valence-corrected chi connectivity index (χ0v) is 10.3. The Bertz CT molecular complexity index is 606. The van der Waals surface area contributed by atoms with Crippen molar-refractivity contribution >= 4 is 0 Å². The van der Waals surface area contributed by atoms with Crippen molar-refractivity contribution in [1.82, 2.24) is 14.9 Å². The van der Waals surface area contributed by atoms with Gasteiger partial charge in [-0.2, -0.15) is 0 Å². The number of fused-ring (bicyclic) bond motifs is 1. The summed E-state index contributed by atoms with van der Waals surface area (Å²) in [5.74, 6) is 0. The van der Waals surface area contributed by atoms with Crippen LogP contribution in [0.15, 0.2) is 41.5 Å². The van der Waals surface area contributed by atoms with E-state index in [-0.39, 0.29) is 11.6 Å². The van der Waals surface area contributed by atoms with Gasteiger partial charge < -0.3 is 4.98 Å². The molecule has 1 aliphatic heterocycles. The number of hydrogen-bond acceptors (Lipinski definition) is 3. The highest BCUT2D eigenvalue weighted by atomic mass is 16.1. The van der Waals surface area contributed by atoms with Gasteiger partial charge in [0.2, 0.25) is 0 Å². The van der Waals surface area contributed by atoms with E-state index < -0.39 is 0 Å². The predicted molar refractivity (Wildman–Crippen MR) is 69.0 cm³/mol. The number of nitrogens with zero attached hydrogens (tertiary/aromatic N) is 2. The van der Waals surface area contributed by atoms with Crippen LogP contribution >= 0.6 is 0 Å². The molecule has 1 atom stereocenters. The fourth-order valence-electron chi connectivity index (χ4n) is 2.48. The zero-order chi connectivity index (χ0) is 12.5. The van der Waals surface area contributed by atoms with E-state index in [1.807, 2.05) is 18.2 Å². The number of nitrogens with one attached hydrogen (secondary N) is 1. The van der Waals surface area contributed by atoms with Crippen molar-refractivity contribution in [2.45, 2.75) is 26.1 Å². The lowest BCUT2D eigenvalue weighted by Gasteiger charge is -2.20. The third kappa shape index (κ3) is 1.84. The van der Waals surface area contributed by atoms with E-state index in [2.05, 4.69) is 33.9 Å². The molecule has 0 bridgehead atoms. The second-order valence-electron chi connectivity index (χ2n) is 4.66. The van der Waals surface area contributed by atoms with E-state index in [1.54, 1.807) is 0 Å². The minimum absolute atomic E-state index is 0.0117. The number of benzene rings is 1. The topological polar surface area (TPSA) is 49.0 Å². The van der Waals surface area contributed by atoms with Crippen LogP contribution in [0.25, 0.3) is 0 Å². The molecule has 1 aromatic heterocycles. The van der Waals surface area contributed by atoms with Crippen LogP contribution in [0.3, 0.4) is 0 Å². The molecule has 0 aliphatic carbocycles. The average Bonchev–Trinajstić information content (AvgIpc) is 2.70. The molecule has 4 heteroatoms. The Morgan fingerprint density at radius 3 is 2.89 bits per heavy atom. The summed E-state index contributed by atoms with van der Waals surface area (Å²) in [5, 5.41) is 0. The Morgan fingerprint density at radius 1 is 1.39 bits per heavy atom. The van der Waals surface area contributed by atoms with Gasteiger partial charge in [-0.25, -0.2) is 4.98 Å². The van der Waals surface area contributed by atoms with Gasteiger partial charge in [0.25, 0.3) is 5.56 Å². The van der Waals surface area contributed by atoms with Gasteiger partial charge in [0.05, 0.1) is 23.6 Å². The van der Waals surface area contributed by atoms with Gasteiger partial charge in [0, 0.05) is 13.1 Å². The number of aromatic nitrogens is 2. The first-order valence-corrected chi connectivity index (χ1v) is 6.10. The van der Waals surface area contributed by atoms with Gasteiger partial charge in [-0.15, -0.1) is 0 Å². The van der Waals surface area contributed by atoms with E-state index in [0.717, 1.165) is 17.8 Å². The second kappa shape index (κ2) is 4.38. The number of rotatable bonds is 2. The highest BCUT2D eigenvalue weighted by Crippen LogP contribution is 2.30. The van der Waals surface area contributed by atoms with Gasteiger partial charge in [-0.1, -0.05) is 30.3 Å². The maximum atomic E-state index is 11.7. The standard InChI is InChI=1S/C14H15N3O/c1-10-13-12(14(18)16-9-15-13)8-17(10)7-11-5-3-2-4-6-11/h2-6,9-10H,7-8H2,1H3,(H,15,16,18). The van der Waals surface area contributed by atoms with Crippen LogP contribution in [0.4, 0.5) is 0 Å². The molecule has 92 valence electrons. The Morgan fingerprint density at radius 2 is 2.17 bits per heavy atom. The van der Waals surface area contributed by atoms with Crippen LogP contribution in [-0.2, 0) is 13.1 Å². The normalized spacial score (nSPS) is 18.8. The smallest absolute Gasteiger partial charge is 0.255 e. The lowest BCUT2D eigenvalue weighted by molar-refractivity contribution is 0.218. The lowest BCUT2D eigenvalue weighted by atomic mass is 10.2. The van der Waals surface area contributed by atoms with E-state index in [4.69, 9.17) is 0 Å². The maximum Gasteiger partial charge on any atom is 0.255 e. The molecule has 0 amide bonds. The van der Waals surface area contributed by atoms with Crippen LogP contribution in [0.1, 0.15) is 29.8 Å². The molecule has 3 rings (SSSR count). The average molecular weight is 241 g/mol. The summed E-state index contributed by atoms with van der Waals surface area (Å²) in [6.07, 6.45) is 1.49. The SMILES string of the molecule is CC1c2nc[nH]c(=O)c2CN1Cc1ccccc1. The van der Waals surface area contributed by atoms with Crippen molar-refractivity contribution < 1.29 is 0 Å². The van der Waals surface area contributed by atoms with Crippen LogP contribution < -0.4 is 5.56 Å². The van der Waals surface area contributed by atoms with Crippen molar-refractivity contribution in [3.63, 3.8) is 0 Å². The Kier molecular flexibility index (Phi) is 2.72. The summed E-state index contributed by atoms with van der Waals surface area (Å²) in [6.45, 7) is 3.62. The molecule has 1 aliphatic rings. The molecule has 0 saturated heterocycles. The van der Waals surface area contributed by atoms with Crippen LogP contribution in [0.5, 0.6) is 0 Å². The summed E-state index contributed by atoms with van der Waals surface area (Å²) in [4.78, 5) is 20.9. The molecule has 0 saturated carbocycles. The molecule has 2 heterocycles. The van der Waals surface area contributed by atoms with Gasteiger partial charge >= 0.3 is 0 Å². The minimum atomic E-state index is -0.0117. The maximum absolute atomic E-state index is 11.7. The molecule has 18 heavy (non-hydrogen) atoms. The van der Waals surface area contributed by atoms with Crippen LogP contribution in [-0.4, -0.2) is 14.9 Å². The first-order valence-electron chi connectivity index (χ1n) is 6.10. The van der Waals surface area contributed by atoms with Crippen molar-refractivity contribution in [3.8, 4) is 0 Å². The third-order valence-electron chi connectivity index (χ3n) is 3.52. The first kappa shape index (κ1) is 11.2. The van der Waals surface area contributed by atoms with Gasteiger partial charge in [-0.3, -0.25) is 9.69 Å². The minimum Gasteiger partial charge on any atom is -0.313 e. The van der Waals surface area contributed by atoms with E-state index >= 15 is 0 Å². The van der Waals surface area contributed by atoms with E-state index in [0.29, 0.717) is 6.54 Å². The Hall–Kier alpha value is -1.94. The van der Waals surface area contributed by atoms with Crippen molar-refractivity contribution in [3.05, 3.63) is 63.8 Å². The highest BCUT2D eigenvalue weighted by Gasteiger charge is 2.29. The van der Waals surface area contributed by atoms with Crippen molar-refractivity contribution in [1.29, 1.82) is 0 Å². The van der Waals surface area contributed by atoms with Gasteiger partial charge in [-0.05, 0) is 12.5 Å². The molecular weight excluding hydrogens is 226 g/mol. The van der Waals surface area contributed by atoms with Crippen molar-refractivity contribution in [2.75, 3.05) is 0 Å². The van der Waals surface area contributed by atoms with Crippen molar-refractivity contribution in [2.24, 2.45) is 0 Å². The fraction of sp³-hybridized carbons (Fsp3) is 0.286. The number of aromatic amines is 1. The fourth-order valence-corrected chi connectivity index (χ4v) is 2.48. The van der Waals surface area contributed by atoms with Gasteiger partial charge in [0.15, 0.2) is 0 Å². The predicted octanol–water partition coefficient (Wildman–Crippen LogP) is 1.85. The summed E-state index contributed by atoms with van der Waals surface area (Å²) in [7, 11) is 0. The zero-order valence-electron chi connectivity index (χ0n) is 10.3. The molecule has 0 radical (unpaired) electrons. The molecule has 1 aromatic carbocycles.